The zero-order chi connectivity index (χ0) is 29.0. The van der Waals surface area contributed by atoms with E-state index in [1.165, 1.54) is 23.1 Å². The van der Waals surface area contributed by atoms with Gasteiger partial charge in [-0.05, 0) is 26.0 Å². The molecule has 0 aliphatic carbocycles. The van der Waals surface area contributed by atoms with Gasteiger partial charge in [-0.3, -0.25) is 19.5 Å². The third-order valence-electron chi connectivity index (χ3n) is 6.65. The van der Waals surface area contributed by atoms with E-state index in [-0.39, 0.29) is 56.6 Å². The number of benzene rings is 1. The van der Waals surface area contributed by atoms with Gasteiger partial charge in [-0.25, -0.2) is 18.4 Å². The molecule has 2 aliphatic heterocycles. The molecule has 2 atom stereocenters. The number of methoxy groups -OCH3 is 1. The average molecular weight is 561 g/mol. The van der Waals surface area contributed by atoms with Crippen LogP contribution in [0.15, 0.2) is 30.5 Å². The topological polar surface area (TPSA) is 133 Å². The van der Waals surface area contributed by atoms with Gasteiger partial charge in [0.2, 0.25) is 5.91 Å². The van der Waals surface area contributed by atoms with Crippen molar-refractivity contribution in [3.63, 3.8) is 0 Å². The number of ether oxygens (including phenoxy) is 2. The summed E-state index contributed by atoms with van der Waals surface area (Å²) in [5.41, 5.74) is 0.810. The van der Waals surface area contributed by atoms with E-state index in [1.54, 1.807) is 26.0 Å². The lowest BCUT2D eigenvalue weighted by atomic mass is 10.1. The molecule has 0 spiro atoms. The van der Waals surface area contributed by atoms with E-state index in [0.29, 0.717) is 5.56 Å². The number of anilines is 2. The molecule has 3 heterocycles. The number of hydrogen-bond donors (Lipinski definition) is 2. The first-order valence-corrected chi connectivity index (χ1v) is 12.6. The molecule has 2 aliphatic rings. The molecule has 2 unspecified atom stereocenters. The summed E-state index contributed by atoms with van der Waals surface area (Å²) in [6.07, 6.45) is -0.779. The van der Waals surface area contributed by atoms with Gasteiger partial charge >= 0.3 is 12.2 Å². The molecule has 0 saturated carbocycles. The van der Waals surface area contributed by atoms with Crippen molar-refractivity contribution in [2.24, 2.45) is 0 Å². The van der Waals surface area contributed by atoms with Crippen LogP contribution in [0.5, 0.6) is 0 Å². The van der Waals surface area contributed by atoms with Crippen LogP contribution < -0.4 is 20.4 Å². The average Bonchev–Trinajstić information content (AvgIpc) is 3.31. The Balaban J connectivity index is 1.34. The Labute approximate surface area is 229 Å². The van der Waals surface area contributed by atoms with Crippen molar-refractivity contribution in [3.8, 4) is 0 Å². The molecule has 1 aromatic carbocycles. The van der Waals surface area contributed by atoms with Crippen LogP contribution in [0, 0.1) is 18.6 Å². The maximum Gasteiger partial charge on any atom is 0.414 e. The van der Waals surface area contributed by atoms with E-state index in [2.05, 4.69) is 20.4 Å². The number of hydrogen-bond acceptors (Lipinski definition) is 8. The minimum atomic E-state index is -0.869. The fourth-order valence-corrected chi connectivity index (χ4v) is 4.49. The monoisotopic (exact) mass is 560 g/mol. The third-order valence-corrected chi connectivity index (χ3v) is 6.65. The third kappa shape index (κ3) is 6.38. The summed E-state index contributed by atoms with van der Waals surface area (Å²) < 4.78 is 39.9. The number of carbonyl (C=O) groups excluding carboxylic acids is 4. The molecular formula is C26H30F2N6O6. The highest BCUT2D eigenvalue weighted by atomic mass is 19.1. The minimum absolute atomic E-state index is 0.0169. The second-order valence-corrected chi connectivity index (χ2v) is 9.44. The van der Waals surface area contributed by atoms with Gasteiger partial charge in [0.05, 0.1) is 31.5 Å². The van der Waals surface area contributed by atoms with Crippen LogP contribution in [0.3, 0.4) is 0 Å². The van der Waals surface area contributed by atoms with Crippen LogP contribution in [-0.4, -0.2) is 92.4 Å². The number of aromatic nitrogens is 1. The molecule has 4 rings (SSSR count). The molecule has 0 radical (unpaired) electrons. The number of cyclic esters (lactones) is 1. The van der Waals surface area contributed by atoms with Crippen LogP contribution in [-0.2, 0) is 14.3 Å². The summed E-state index contributed by atoms with van der Waals surface area (Å²) in [5, 5.41) is 5.06. The molecule has 40 heavy (non-hydrogen) atoms. The first-order chi connectivity index (χ1) is 19.1. The molecule has 0 bridgehead atoms. The van der Waals surface area contributed by atoms with Crippen LogP contribution in [0.2, 0.25) is 0 Å². The highest BCUT2D eigenvalue weighted by Crippen LogP contribution is 2.31. The minimum Gasteiger partial charge on any atom is -0.453 e. The van der Waals surface area contributed by atoms with E-state index >= 15 is 8.78 Å². The van der Waals surface area contributed by atoms with Gasteiger partial charge in [0, 0.05) is 50.2 Å². The zero-order valence-corrected chi connectivity index (χ0v) is 22.3. The number of aryl methyl sites for hydroxylation is 1. The number of amides is 4. The van der Waals surface area contributed by atoms with Crippen molar-refractivity contribution < 1.29 is 37.4 Å². The molecule has 12 nitrogen and oxygen atoms in total. The molecule has 2 saturated heterocycles. The number of alkyl carbamates (subject to hydrolysis) is 1. The van der Waals surface area contributed by atoms with Gasteiger partial charge in [-0.1, -0.05) is 0 Å². The number of piperazine rings is 1. The maximum absolute atomic E-state index is 15.1. The first kappa shape index (κ1) is 28.5. The molecule has 2 N–H and O–H groups in total. The summed E-state index contributed by atoms with van der Waals surface area (Å²) >= 11 is 0. The highest BCUT2D eigenvalue weighted by Gasteiger charge is 2.34. The Morgan fingerprint density at radius 3 is 2.42 bits per heavy atom. The largest absolute Gasteiger partial charge is 0.453 e. The van der Waals surface area contributed by atoms with E-state index in [4.69, 9.17) is 4.74 Å². The maximum atomic E-state index is 15.1. The Hall–Kier alpha value is -4.49. The van der Waals surface area contributed by atoms with E-state index in [0.717, 1.165) is 22.7 Å². The number of halogens is 2. The van der Waals surface area contributed by atoms with Gasteiger partial charge in [0.1, 0.15) is 17.8 Å². The summed E-state index contributed by atoms with van der Waals surface area (Å²) in [4.78, 5) is 57.0. The predicted molar refractivity (Wildman–Crippen MR) is 139 cm³/mol. The fraction of sp³-hybridized carbons (Fsp3) is 0.423. The predicted octanol–water partition coefficient (Wildman–Crippen LogP) is 1.82. The molecule has 4 amide bonds. The quantitative estimate of drug-likeness (QED) is 0.524. The fourth-order valence-electron chi connectivity index (χ4n) is 4.49. The van der Waals surface area contributed by atoms with Gasteiger partial charge in [0.25, 0.3) is 5.91 Å². The van der Waals surface area contributed by atoms with Crippen molar-refractivity contribution in [3.05, 3.63) is 53.4 Å². The van der Waals surface area contributed by atoms with Crippen LogP contribution >= 0.6 is 0 Å². The molecular weight excluding hydrogens is 530 g/mol. The molecule has 2 aromatic rings. The van der Waals surface area contributed by atoms with Crippen molar-refractivity contribution in [1.82, 2.24) is 20.5 Å². The second kappa shape index (κ2) is 12.1. The lowest BCUT2D eigenvalue weighted by Gasteiger charge is -2.37. The van der Waals surface area contributed by atoms with Crippen LogP contribution in [0.4, 0.5) is 29.7 Å². The standard InChI is InChI=1S/C26H30F2N6O6/c1-15-4-5-17(12-29-15)23(35)31-16(2)24(36)33-8-6-32(7-9-33)22-20(27)10-18(11-21(22)28)34-14-19(40-26(34)38)13-30-25(37)39-3/h4-5,10-12,16,19H,6-9,13-14H2,1-3H3,(H,30,37)(H,31,35). The van der Waals surface area contributed by atoms with Crippen LogP contribution in [0.1, 0.15) is 23.0 Å². The van der Waals surface area contributed by atoms with Crippen molar-refractivity contribution in [1.29, 1.82) is 0 Å². The Morgan fingerprint density at radius 2 is 1.82 bits per heavy atom. The lowest BCUT2D eigenvalue weighted by molar-refractivity contribution is -0.133. The van der Waals surface area contributed by atoms with Gasteiger partial charge in [0.15, 0.2) is 11.6 Å². The normalized spacial score (nSPS) is 17.8. The molecule has 214 valence electrons. The van der Waals surface area contributed by atoms with Gasteiger partial charge in [-0.15, -0.1) is 0 Å². The summed E-state index contributed by atoms with van der Waals surface area (Å²) in [6, 6.07) is 4.61. The van der Waals surface area contributed by atoms with Crippen LogP contribution in [0.25, 0.3) is 0 Å². The number of rotatable bonds is 7. The number of nitrogens with zero attached hydrogens (tertiary/aromatic N) is 4. The van der Waals surface area contributed by atoms with Crippen molar-refractivity contribution >= 4 is 35.4 Å². The highest BCUT2D eigenvalue weighted by molar-refractivity contribution is 5.97. The van der Waals surface area contributed by atoms with Gasteiger partial charge < -0.3 is 29.9 Å². The summed E-state index contributed by atoms with van der Waals surface area (Å²) in [6.45, 7) is 4.04. The number of carbonyl (C=O) groups is 4. The van der Waals surface area contributed by atoms with Gasteiger partial charge in [-0.2, -0.15) is 0 Å². The second-order valence-electron chi connectivity index (χ2n) is 9.44. The van der Waals surface area contributed by atoms with E-state index in [1.807, 2.05) is 0 Å². The van der Waals surface area contributed by atoms with E-state index < -0.39 is 41.9 Å². The first-order valence-electron chi connectivity index (χ1n) is 12.6. The smallest absolute Gasteiger partial charge is 0.414 e. The SMILES string of the molecule is COC(=O)NCC1CN(c2cc(F)c(N3CCN(C(=O)C(C)NC(=O)c4ccc(C)nc4)CC3)c(F)c2)C(=O)O1. The summed E-state index contributed by atoms with van der Waals surface area (Å²) in [7, 11) is 1.19. The molecule has 1 aromatic heterocycles. The van der Waals surface area contributed by atoms with Crippen molar-refractivity contribution in [2.45, 2.75) is 26.0 Å². The summed E-state index contributed by atoms with van der Waals surface area (Å²) in [5.74, 6) is -2.48. The number of nitrogens with one attached hydrogen (secondary N) is 2. The zero-order valence-electron chi connectivity index (χ0n) is 22.3. The van der Waals surface area contributed by atoms with E-state index in [9.17, 15) is 19.2 Å². The lowest BCUT2D eigenvalue weighted by Crippen LogP contribution is -2.54. The Kier molecular flexibility index (Phi) is 8.65. The molecule has 14 heteroatoms. The number of pyridine rings is 1. The van der Waals surface area contributed by atoms with Crippen molar-refractivity contribution in [2.75, 3.05) is 56.2 Å². The molecule has 2 fully saturated rings. The Bertz CT molecular complexity index is 1260. The Morgan fingerprint density at radius 1 is 1.15 bits per heavy atom.